The van der Waals surface area contributed by atoms with Gasteiger partial charge in [0.05, 0.1) is 28.3 Å². The Morgan fingerprint density at radius 1 is 1.56 bits per heavy atom. The second kappa shape index (κ2) is 5.24. The van der Waals surface area contributed by atoms with Crippen molar-refractivity contribution in [1.29, 1.82) is 0 Å². The molecule has 0 atom stereocenters. The van der Waals surface area contributed by atoms with Gasteiger partial charge in [0.1, 0.15) is 0 Å². The molecule has 0 aromatic rings. The van der Waals surface area contributed by atoms with Crippen LogP contribution in [0.1, 0.15) is 13.8 Å². The standard InChI is InChI=1S/C4H9INO3/c1-4(2)5-9-6(7)8-3/h1-3H3/q-1. The molecule has 0 rings (SSSR count). The molecule has 5 heteroatoms. The Morgan fingerprint density at radius 2 is 2.11 bits per heavy atom. The topological polar surface area (TPSA) is 44.8 Å². The highest BCUT2D eigenvalue weighted by Crippen LogP contribution is 2.05. The lowest BCUT2D eigenvalue weighted by molar-refractivity contribution is -0.241. The number of hydrogen-bond donors (Lipinski definition) is 0. The van der Waals surface area contributed by atoms with Gasteiger partial charge in [-0.1, -0.05) is 0 Å². The van der Waals surface area contributed by atoms with Gasteiger partial charge in [0.2, 0.25) is 0 Å². The Kier molecular flexibility index (Phi) is 5.50. The van der Waals surface area contributed by atoms with E-state index in [9.17, 15) is 5.21 Å². The quantitative estimate of drug-likeness (QED) is 0.557. The molecule has 56 valence electrons. The summed E-state index contributed by atoms with van der Waals surface area (Å²) in [5, 5.41) is 10.3. The molecule has 0 aromatic heterocycles. The molecule has 0 saturated carbocycles. The van der Waals surface area contributed by atoms with Crippen molar-refractivity contribution >= 4 is 24.7 Å². The van der Waals surface area contributed by atoms with Crippen LogP contribution in [0, 0.1) is 5.21 Å². The normalized spacial score (nSPS) is 10.3. The van der Waals surface area contributed by atoms with Crippen molar-refractivity contribution in [2.24, 2.45) is 0 Å². The predicted octanol–water partition coefficient (Wildman–Crippen LogP) is 1.38. The van der Waals surface area contributed by atoms with Gasteiger partial charge in [-0.15, -0.1) is 5.39 Å². The van der Waals surface area contributed by atoms with Gasteiger partial charge in [0.25, 0.3) is 0 Å². The van der Waals surface area contributed by atoms with Crippen LogP contribution in [-0.2, 0) is 8.00 Å². The average Bonchev–Trinajstić information content (AvgIpc) is 1.83. The molecule has 0 unspecified atom stereocenters. The molecule has 0 aliphatic carbocycles. The van der Waals surface area contributed by atoms with Crippen LogP contribution < -0.4 is 0 Å². The summed E-state index contributed by atoms with van der Waals surface area (Å²) in [6, 6.07) is 0. The maximum Gasteiger partial charge on any atom is 0.0698 e. The van der Waals surface area contributed by atoms with Gasteiger partial charge in [-0.2, -0.15) is 0 Å². The number of halogens is 1. The Labute approximate surface area is 64.5 Å². The fourth-order valence-electron chi connectivity index (χ4n) is 0.125. The second-order valence-electron chi connectivity index (χ2n) is 1.43. The van der Waals surface area contributed by atoms with Crippen molar-refractivity contribution in [2.75, 3.05) is 7.11 Å². The van der Waals surface area contributed by atoms with E-state index in [1.807, 2.05) is 13.8 Å². The van der Waals surface area contributed by atoms with Gasteiger partial charge in [-0.3, -0.25) is 4.84 Å². The fourth-order valence-corrected chi connectivity index (χ4v) is 0.841. The molecule has 4 nitrogen and oxygen atoms in total. The van der Waals surface area contributed by atoms with Crippen molar-refractivity contribution in [3.05, 3.63) is 5.21 Å². The molecule has 0 fully saturated rings. The van der Waals surface area contributed by atoms with E-state index >= 15 is 0 Å². The average molecular weight is 246 g/mol. The Morgan fingerprint density at radius 3 is 2.44 bits per heavy atom. The highest BCUT2D eigenvalue weighted by molar-refractivity contribution is 14.2. The lowest BCUT2D eigenvalue weighted by Gasteiger charge is -2.19. The first kappa shape index (κ1) is 9.44. The number of nitrogens with zero attached hydrogens (tertiary/aromatic N) is 1. The molecule has 0 amide bonds. The molecule has 0 aromatic carbocycles. The van der Waals surface area contributed by atoms with E-state index in [2.05, 4.69) is 8.00 Å². The third-order valence-electron chi connectivity index (χ3n) is 0.394. The Balaban J connectivity index is 3.37. The number of rotatable bonds is 3. The minimum absolute atomic E-state index is 0.125. The summed E-state index contributed by atoms with van der Waals surface area (Å²) in [6.07, 6.45) is 0. The zero-order valence-corrected chi connectivity index (χ0v) is 7.71. The zero-order valence-electron chi connectivity index (χ0n) is 5.55. The van der Waals surface area contributed by atoms with Crippen molar-refractivity contribution < 1.29 is 8.00 Å². The molecule has 0 heterocycles. The third kappa shape index (κ3) is 6.32. The van der Waals surface area contributed by atoms with Crippen molar-refractivity contribution in [2.45, 2.75) is 13.8 Å². The lowest BCUT2D eigenvalue weighted by Crippen LogP contribution is -2.09. The lowest BCUT2D eigenvalue weighted by atomic mass is 10.6. The maximum atomic E-state index is 10.2. The second-order valence-corrected chi connectivity index (χ2v) is 4.42. The van der Waals surface area contributed by atoms with Crippen molar-refractivity contribution in [3.63, 3.8) is 0 Å². The van der Waals surface area contributed by atoms with Gasteiger partial charge in [-0.05, 0) is 17.4 Å². The third-order valence-corrected chi connectivity index (χ3v) is 1.79. The molecule has 0 aliphatic rings. The predicted molar refractivity (Wildman–Crippen MR) is 43.7 cm³/mol. The van der Waals surface area contributed by atoms with E-state index in [4.69, 9.17) is 0 Å². The van der Waals surface area contributed by atoms with Gasteiger partial charge in [-0.25, -0.2) is 3.17 Å². The number of hydrogen-bond acceptors (Lipinski definition) is 4. The van der Waals surface area contributed by atoms with Crippen LogP contribution in [-0.4, -0.2) is 16.0 Å². The van der Waals surface area contributed by atoms with E-state index in [-0.39, 0.29) is 5.39 Å². The minimum Gasteiger partial charge on any atom is -0.737 e. The molecule has 0 saturated heterocycles. The Bertz CT molecular complexity index is 102. The monoisotopic (exact) mass is 246 g/mol. The highest BCUT2D eigenvalue weighted by atomic mass is 127. The van der Waals surface area contributed by atoms with Crippen LogP contribution in [0.25, 0.3) is 0 Å². The first-order valence-electron chi connectivity index (χ1n) is 2.30. The van der Waals surface area contributed by atoms with Gasteiger partial charge >= 0.3 is 0 Å². The molecule has 0 spiro atoms. The van der Waals surface area contributed by atoms with Crippen LogP contribution in [0.2, 0.25) is 0 Å². The highest BCUT2D eigenvalue weighted by Gasteiger charge is 1.82. The molecular formula is C4H9INO3-. The van der Waals surface area contributed by atoms with Crippen LogP contribution in [0.5, 0.6) is 0 Å². The molecule has 0 N–H and O–H groups in total. The molecule has 0 bridgehead atoms. The van der Waals surface area contributed by atoms with Crippen LogP contribution in [0.4, 0.5) is 0 Å². The molecular weight excluding hydrogens is 237 g/mol. The molecule has 0 radical (unpaired) electrons. The largest absolute Gasteiger partial charge is 0.737 e. The maximum absolute atomic E-state index is 10.2. The molecule has 9 heavy (non-hydrogen) atoms. The van der Waals surface area contributed by atoms with E-state index in [1.165, 1.54) is 7.11 Å². The summed E-state index contributed by atoms with van der Waals surface area (Å²) in [7, 11) is 1.27. The van der Waals surface area contributed by atoms with Gasteiger partial charge < -0.3 is 5.21 Å². The SMILES string of the molecule is CON([O-])OI=C(C)C. The van der Waals surface area contributed by atoms with E-state index in [1.54, 1.807) is 0 Å². The van der Waals surface area contributed by atoms with Crippen LogP contribution >= 0.6 is 21.1 Å². The summed E-state index contributed by atoms with van der Waals surface area (Å²) >= 11 is -0.576. The van der Waals surface area contributed by atoms with Crippen molar-refractivity contribution in [1.82, 2.24) is 5.39 Å². The summed E-state index contributed by atoms with van der Waals surface area (Å²) < 4.78 is 5.71. The smallest absolute Gasteiger partial charge is 0.0698 e. The van der Waals surface area contributed by atoms with Crippen LogP contribution in [0.3, 0.4) is 0 Å². The summed E-state index contributed by atoms with van der Waals surface area (Å²) in [4.78, 5) is 4.17. The summed E-state index contributed by atoms with van der Waals surface area (Å²) in [5.74, 6) is 0. The first-order chi connectivity index (χ1) is 4.16. The van der Waals surface area contributed by atoms with E-state index in [0.29, 0.717) is 0 Å². The van der Waals surface area contributed by atoms with Gasteiger partial charge in [0.15, 0.2) is 0 Å². The Hall–Kier alpha value is 0.440. The zero-order chi connectivity index (χ0) is 7.28. The van der Waals surface area contributed by atoms with Gasteiger partial charge in [0, 0.05) is 0 Å². The summed E-state index contributed by atoms with van der Waals surface area (Å²) in [5.41, 5.74) is 0. The summed E-state index contributed by atoms with van der Waals surface area (Å²) in [6.45, 7) is 3.83. The van der Waals surface area contributed by atoms with Crippen LogP contribution in [0.15, 0.2) is 0 Å². The fraction of sp³-hybridized carbons (Fsp3) is 0.750. The minimum atomic E-state index is -0.576. The first-order valence-corrected chi connectivity index (χ1v) is 4.26. The van der Waals surface area contributed by atoms with E-state index in [0.717, 1.165) is 3.51 Å². The van der Waals surface area contributed by atoms with Crippen molar-refractivity contribution in [3.8, 4) is 0 Å². The molecule has 0 aliphatic heterocycles. The van der Waals surface area contributed by atoms with E-state index < -0.39 is 21.1 Å².